The number of ether oxygens (including phenoxy) is 1. The van der Waals surface area contributed by atoms with E-state index in [0.29, 0.717) is 40.7 Å². The Hall–Kier alpha value is -3.97. The first kappa shape index (κ1) is 23.2. The molecule has 0 radical (unpaired) electrons. The summed E-state index contributed by atoms with van der Waals surface area (Å²) in [7, 11) is 0. The number of fused-ring (bicyclic) bond motifs is 1. The molecule has 0 aliphatic rings. The Morgan fingerprint density at radius 1 is 1.00 bits per heavy atom. The monoisotopic (exact) mass is 472 g/mol. The van der Waals surface area contributed by atoms with Crippen LogP contribution >= 0.6 is 12.2 Å². The molecule has 0 atom stereocenters. The molecule has 0 unspecified atom stereocenters. The molecule has 3 aromatic carbocycles. The van der Waals surface area contributed by atoms with Gasteiger partial charge < -0.3 is 14.5 Å². The topological polar surface area (TPSA) is 80.6 Å². The number of para-hydroxylation sites is 1. The van der Waals surface area contributed by atoms with E-state index < -0.39 is 5.63 Å². The van der Waals surface area contributed by atoms with Crippen LogP contribution in [-0.4, -0.2) is 17.6 Å². The maximum absolute atomic E-state index is 12.5. The summed E-state index contributed by atoms with van der Waals surface area (Å²) in [6.45, 7) is 4.76. The third-order valence-corrected chi connectivity index (χ3v) is 5.23. The Morgan fingerprint density at radius 2 is 1.71 bits per heavy atom. The fraction of sp³-hybridized carbons (Fsp3) is 0.148. The third kappa shape index (κ3) is 5.68. The molecule has 4 rings (SSSR count). The molecule has 34 heavy (non-hydrogen) atoms. The first-order chi connectivity index (χ1) is 16.4. The van der Waals surface area contributed by atoms with Crippen molar-refractivity contribution in [3.63, 3.8) is 0 Å². The minimum absolute atomic E-state index is 0.170. The van der Waals surface area contributed by atoms with E-state index in [2.05, 4.69) is 24.5 Å². The highest BCUT2D eigenvalue weighted by atomic mass is 32.1. The highest BCUT2D eigenvalue weighted by Gasteiger charge is 2.10. The van der Waals surface area contributed by atoms with Gasteiger partial charge in [0.1, 0.15) is 11.3 Å². The summed E-state index contributed by atoms with van der Waals surface area (Å²) in [4.78, 5) is 24.9. The predicted octanol–water partition coefficient (Wildman–Crippen LogP) is 5.62. The van der Waals surface area contributed by atoms with E-state index in [1.807, 2.05) is 24.3 Å². The summed E-state index contributed by atoms with van der Waals surface area (Å²) < 4.78 is 11.0. The highest BCUT2D eigenvalue weighted by Crippen LogP contribution is 2.22. The van der Waals surface area contributed by atoms with Gasteiger partial charge in [-0.05, 0) is 72.2 Å². The maximum atomic E-state index is 12.5. The molecule has 0 fully saturated rings. The largest absolute Gasteiger partial charge is 0.493 e. The van der Waals surface area contributed by atoms with E-state index in [0.717, 1.165) is 10.9 Å². The lowest BCUT2D eigenvalue weighted by atomic mass is 10.1. The summed E-state index contributed by atoms with van der Waals surface area (Å²) in [5, 5.41) is 6.67. The number of carbonyl (C=O) groups excluding carboxylic acids is 1. The lowest BCUT2D eigenvalue weighted by molar-refractivity contribution is 0.0977. The summed E-state index contributed by atoms with van der Waals surface area (Å²) in [6.07, 6.45) is 0. The predicted molar refractivity (Wildman–Crippen MR) is 138 cm³/mol. The molecule has 0 bridgehead atoms. The fourth-order valence-electron chi connectivity index (χ4n) is 3.30. The number of benzene rings is 3. The van der Waals surface area contributed by atoms with Crippen LogP contribution in [-0.2, 0) is 0 Å². The zero-order valence-corrected chi connectivity index (χ0v) is 19.6. The zero-order chi connectivity index (χ0) is 24.1. The molecule has 4 aromatic rings. The molecule has 0 saturated carbocycles. The zero-order valence-electron chi connectivity index (χ0n) is 18.8. The van der Waals surface area contributed by atoms with Crippen molar-refractivity contribution < 1.29 is 13.9 Å². The van der Waals surface area contributed by atoms with E-state index in [1.54, 1.807) is 54.6 Å². The van der Waals surface area contributed by atoms with Gasteiger partial charge >= 0.3 is 5.63 Å². The van der Waals surface area contributed by atoms with Crippen LogP contribution in [0.4, 0.5) is 5.69 Å². The summed E-state index contributed by atoms with van der Waals surface area (Å²) in [5.74, 6) is 0.815. The molecular weight excluding hydrogens is 448 g/mol. The second kappa shape index (κ2) is 10.3. The number of thiocarbonyl (C=S) groups is 1. The van der Waals surface area contributed by atoms with Gasteiger partial charge in [-0.2, -0.15) is 0 Å². The van der Waals surface area contributed by atoms with Crippen molar-refractivity contribution in [3.8, 4) is 16.9 Å². The van der Waals surface area contributed by atoms with Crippen LogP contribution in [0, 0.1) is 5.92 Å². The number of anilines is 1. The number of amides is 1. The van der Waals surface area contributed by atoms with Gasteiger partial charge in [-0.1, -0.05) is 44.2 Å². The smallest absolute Gasteiger partial charge is 0.344 e. The fourth-order valence-corrected chi connectivity index (χ4v) is 3.51. The van der Waals surface area contributed by atoms with Crippen LogP contribution < -0.4 is 21.0 Å². The van der Waals surface area contributed by atoms with Gasteiger partial charge in [0.15, 0.2) is 5.11 Å². The van der Waals surface area contributed by atoms with E-state index in [4.69, 9.17) is 21.4 Å². The van der Waals surface area contributed by atoms with Crippen molar-refractivity contribution in [2.24, 2.45) is 5.92 Å². The van der Waals surface area contributed by atoms with Crippen molar-refractivity contribution in [2.45, 2.75) is 13.8 Å². The standard InChI is InChI=1S/C27H24N2O4S/c1-17(2)16-32-22-13-9-19(10-14-22)25(30)29-27(34)28-21-11-7-18(8-12-21)23-15-20-5-3-4-6-24(20)33-26(23)31/h3-15,17H,16H2,1-2H3,(H2,28,29,30,34). The van der Waals surface area contributed by atoms with Crippen molar-refractivity contribution in [3.05, 3.63) is 94.8 Å². The van der Waals surface area contributed by atoms with Crippen LogP contribution in [0.2, 0.25) is 0 Å². The average molecular weight is 473 g/mol. The summed E-state index contributed by atoms with van der Waals surface area (Å²) in [6, 6.07) is 23.2. The van der Waals surface area contributed by atoms with E-state index >= 15 is 0 Å². The summed E-state index contributed by atoms with van der Waals surface area (Å²) >= 11 is 5.28. The lowest BCUT2D eigenvalue weighted by Gasteiger charge is -2.11. The van der Waals surface area contributed by atoms with Gasteiger partial charge in [0, 0.05) is 16.6 Å². The molecule has 1 amide bonds. The van der Waals surface area contributed by atoms with Gasteiger partial charge in [0.25, 0.3) is 5.91 Å². The molecule has 0 aliphatic carbocycles. The number of hydrogen-bond acceptors (Lipinski definition) is 5. The van der Waals surface area contributed by atoms with Crippen LogP contribution in [0.15, 0.2) is 88.1 Å². The Balaban J connectivity index is 1.38. The lowest BCUT2D eigenvalue weighted by Crippen LogP contribution is -2.34. The Kier molecular flexibility index (Phi) is 7.04. The molecular formula is C27H24N2O4S. The van der Waals surface area contributed by atoms with Crippen molar-refractivity contribution >= 4 is 39.9 Å². The first-order valence-electron chi connectivity index (χ1n) is 10.9. The third-order valence-electron chi connectivity index (χ3n) is 5.02. The first-order valence-corrected chi connectivity index (χ1v) is 11.3. The number of rotatable bonds is 6. The van der Waals surface area contributed by atoms with Crippen LogP contribution in [0.3, 0.4) is 0 Å². The van der Waals surface area contributed by atoms with Gasteiger partial charge in [-0.3, -0.25) is 10.1 Å². The Labute approximate surface area is 202 Å². The Morgan fingerprint density at radius 3 is 2.41 bits per heavy atom. The van der Waals surface area contributed by atoms with E-state index in [1.165, 1.54) is 0 Å². The van der Waals surface area contributed by atoms with Gasteiger partial charge in [-0.15, -0.1) is 0 Å². The second-order valence-corrected chi connectivity index (χ2v) is 8.61. The minimum atomic E-state index is -0.400. The molecule has 2 N–H and O–H groups in total. The highest BCUT2D eigenvalue weighted by molar-refractivity contribution is 7.80. The van der Waals surface area contributed by atoms with Crippen LogP contribution in [0.25, 0.3) is 22.1 Å². The molecule has 1 aromatic heterocycles. The average Bonchev–Trinajstić information content (AvgIpc) is 2.83. The van der Waals surface area contributed by atoms with Crippen molar-refractivity contribution in [1.82, 2.24) is 5.32 Å². The van der Waals surface area contributed by atoms with Gasteiger partial charge in [0.2, 0.25) is 0 Å². The number of hydrogen-bond donors (Lipinski definition) is 2. The number of carbonyl (C=O) groups is 1. The van der Waals surface area contributed by atoms with Crippen LogP contribution in [0.5, 0.6) is 5.75 Å². The molecule has 0 saturated heterocycles. The quantitative estimate of drug-likeness (QED) is 0.280. The van der Waals surface area contributed by atoms with Crippen molar-refractivity contribution in [2.75, 3.05) is 11.9 Å². The number of nitrogens with one attached hydrogen (secondary N) is 2. The van der Waals surface area contributed by atoms with Gasteiger partial charge in [0.05, 0.1) is 12.2 Å². The molecule has 6 nitrogen and oxygen atoms in total. The molecule has 0 aliphatic heterocycles. The molecule has 172 valence electrons. The molecule has 0 spiro atoms. The van der Waals surface area contributed by atoms with Crippen LogP contribution in [0.1, 0.15) is 24.2 Å². The normalized spacial score (nSPS) is 10.8. The SMILES string of the molecule is CC(C)COc1ccc(C(=O)NC(=S)Nc2ccc(-c3cc4ccccc4oc3=O)cc2)cc1. The molecule has 1 heterocycles. The van der Waals surface area contributed by atoms with Crippen molar-refractivity contribution in [1.29, 1.82) is 0 Å². The van der Waals surface area contributed by atoms with Gasteiger partial charge in [-0.25, -0.2) is 4.79 Å². The van der Waals surface area contributed by atoms with E-state index in [-0.39, 0.29) is 11.0 Å². The minimum Gasteiger partial charge on any atom is -0.493 e. The maximum Gasteiger partial charge on any atom is 0.344 e. The Bertz CT molecular complexity index is 1380. The second-order valence-electron chi connectivity index (χ2n) is 8.20. The molecule has 7 heteroatoms. The summed E-state index contributed by atoms with van der Waals surface area (Å²) in [5.41, 5.74) is 2.49. The van der Waals surface area contributed by atoms with E-state index in [9.17, 15) is 9.59 Å².